The fourth-order valence-electron chi connectivity index (χ4n) is 3.18. The zero-order chi connectivity index (χ0) is 19.1. The lowest BCUT2D eigenvalue weighted by atomic mass is 10.1. The summed E-state index contributed by atoms with van der Waals surface area (Å²) in [5.74, 6) is -0.369. The zero-order valence-electron chi connectivity index (χ0n) is 15.5. The van der Waals surface area contributed by atoms with Crippen molar-refractivity contribution >= 4 is 34.7 Å². The first kappa shape index (κ1) is 19.2. The standard InChI is InChI=1S/C21H25N3O2S/c1-26-20(25)17-6-5-7-18(14-17)23-21(27)22-15-16-8-10-19(11-9-16)24-12-3-2-4-13-24/h5-11,14H,2-4,12-13,15H2,1H3,(H2,22,23,27). The summed E-state index contributed by atoms with van der Waals surface area (Å²) in [5, 5.41) is 6.81. The van der Waals surface area contributed by atoms with Gasteiger partial charge in [0.1, 0.15) is 0 Å². The van der Waals surface area contributed by atoms with Crippen molar-refractivity contribution in [2.24, 2.45) is 0 Å². The molecule has 0 saturated carbocycles. The molecule has 1 aliphatic heterocycles. The minimum absolute atomic E-state index is 0.369. The Balaban J connectivity index is 1.51. The SMILES string of the molecule is COC(=O)c1cccc(NC(=S)NCc2ccc(N3CCCCC3)cc2)c1. The van der Waals surface area contributed by atoms with Crippen molar-refractivity contribution in [3.8, 4) is 0 Å². The molecule has 142 valence electrons. The van der Waals surface area contributed by atoms with Crippen LogP contribution in [-0.4, -0.2) is 31.3 Å². The van der Waals surface area contributed by atoms with Crippen molar-refractivity contribution in [2.75, 3.05) is 30.4 Å². The third kappa shape index (κ3) is 5.44. The maximum atomic E-state index is 11.6. The molecule has 0 unspecified atom stereocenters. The number of rotatable bonds is 5. The van der Waals surface area contributed by atoms with Crippen molar-refractivity contribution < 1.29 is 9.53 Å². The number of thiocarbonyl (C=S) groups is 1. The predicted octanol–water partition coefficient (Wildman–Crippen LogP) is 3.95. The van der Waals surface area contributed by atoms with E-state index < -0.39 is 0 Å². The Hall–Kier alpha value is -2.60. The van der Waals surface area contributed by atoms with E-state index in [1.165, 1.54) is 37.6 Å². The van der Waals surface area contributed by atoms with Crippen LogP contribution in [0.5, 0.6) is 0 Å². The number of ether oxygens (including phenoxy) is 1. The fourth-order valence-corrected chi connectivity index (χ4v) is 3.37. The highest BCUT2D eigenvalue weighted by atomic mass is 32.1. The maximum Gasteiger partial charge on any atom is 0.337 e. The largest absolute Gasteiger partial charge is 0.465 e. The van der Waals surface area contributed by atoms with Gasteiger partial charge in [-0.25, -0.2) is 4.79 Å². The smallest absolute Gasteiger partial charge is 0.337 e. The molecule has 0 radical (unpaired) electrons. The summed E-state index contributed by atoms with van der Waals surface area (Å²) < 4.78 is 4.74. The number of nitrogens with zero attached hydrogens (tertiary/aromatic N) is 1. The van der Waals surface area contributed by atoms with Crippen LogP contribution in [0.4, 0.5) is 11.4 Å². The van der Waals surface area contributed by atoms with Crippen LogP contribution in [0.15, 0.2) is 48.5 Å². The van der Waals surface area contributed by atoms with Crippen molar-refractivity contribution in [1.82, 2.24) is 5.32 Å². The number of hydrogen-bond acceptors (Lipinski definition) is 4. The Kier molecular flexibility index (Phi) is 6.65. The number of hydrogen-bond donors (Lipinski definition) is 2. The van der Waals surface area contributed by atoms with Crippen LogP contribution in [0.2, 0.25) is 0 Å². The Morgan fingerprint density at radius 3 is 2.56 bits per heavy atom. The van der Waals surface area contributed by atoms with Crippen LogP contribution < -0.4 is 15.5 Å². The molecule has 1 heterocycles. The second-order valence-corrected chi connectivity index (χ2v) is 7.00. The van der Waals surface area contributed by atoms with Gasteiger partial charge in [0, 0.05) is 31.0 Å². The molecule has 1 saturated heterocycles. The van der Waals surface area contributed by atoms with Crippen LogP contribution in [0.1, 0.15) is 35.2 Å². The van der Waals surface area contributed by atoms with Crippen LogP contribution in [-0.2, 0) is 11.3 Å². The van der Waals surface area contributed by atoms with E-state index >= 15 is 0 Å². The average Bonchev–Trinajstić information content (AvgIpc) is 2.73. The molecule has 2 N–H and O–H groups in total. The maximum absolute atomic E-state index is 11.6. The molecule has 0 amide bonds. The molecule has 27 heavy (non-hydrogen) atoms. The van der Waals surface area contributed by atoms with Crippen molar-refractivity contribution in [2.45, 2.75) is 25.8 Å². The second-order valence-electron chi connectivity index (χ2n) is 6.59. The molecule has 1 aliphatic rings. The topological polar surface area (TPSA) is 53.6 Å². The Bertz CT molecular complexity index is 786. The number of carbonyl (C=O) groups excluding carboxylic acids is 1. The number of carbonyl (C=O) groups is 1. The van der Waals surface area contributed by atoms with E-state index in [1.54, 1.807) is 18.2 Å². The number of piperidine rings is 1. The molecular formula is C21H25N3O2S. The molecule has 1 fully saturated rings. The van der Waals surface area contributed by atoms with Gasteiger partial charge in [-0.3, -0.25) is 0 Å². The number of methoxy groups -OCH3 is 1. The van der Waals surface area contributed by atoms with Crippen LogP contribution >= 0.6 is 12.2 Å². The van der Waals surface area contributed by atoms with E-state index in [2.05, 4.69) is 39.8 Å². The summed E-state index contributed by atoms with van der Waals surface area (Å²) in [6, 6.07) is 15.7. The average molecular weight is 384 g/mol. The minimum Gasteiger partial charge on any atom is -0.465 e. The van der Waals surface area contributed by atoms with Gasteiger partial charge in [0.05, 0.1) is 12.7 Å². The van der Waals surface area contributed by atoms with E-state index in [0.29, 0.717) is 17.2 Å². The highest BCUT2D eigenvalue weighted by molar-refractivity contribution is 7.80. The number of anilines is 2. The van der Waals surface area contributed by atoms with E-state index in [0.717, 1.165) is 18.8 Å². The summed E-state index contributed by atoms with van der Waals surface area (Å²) in [7, 11) is 1.37. The van der Waals surface area contributed by atoms with Gasteiger partial charge in [0.15, 0.2) is 5.11 Å². The summed E-state index contributed by atoms with van der Waals surface area (Å²) in [4.78, 5) is 14.0. The molecule has 0 aliphatic carbocycles. The van der Waals surface area contributed by atoms with E-state index in [4.69, 9.17) is 17.0 Å². The molecule has 0 spiro atoms. The zero-order valence-corrected chi connectivity index (χ0v) is 16.3. The molecule has 6 heteroatoms. The van der Waals surface area contributed by atoms with Gasteiger partial charge in [-0.2, -0.15) is 0 Å². The fraction of sp³-hybridized carbons (Fsp3) is 0.333. The molecule has 0 bridgehead atoms. The summed E-state index contributed by atoms with van der Waals surface area (Å²) in [6.45, 7) is 2.94. The molecule has 0 aromatic heterocycles. The molecule has 3 rings (SSSR count). The van der Waals surface area contributed by atoms with E-state index in [-0.39, 0.29) is 5.97 Å². The van der Waals surface area contributed by atoms with Gasteiger partial charge in [-0.15, -0.1) is 0 Å². The number of nitrogens with one attached hydrogen (secondary N) is 2. The molecule has 0 atom stereocenters. The van der Waals surface area contributed by atoms with Crippen LogP contribution in [0.25, 0.3) is 0 Å². The second kappa shape index (κ2) is 9.37. The highest BCUT2D eigenvalue weighted by Crippen LogP contribution is 2.20. The first-order chi connectivity index (χ1) is 13.2. The Morgan fingerprint density at radius 1 is 1.11 bits per heavy atom. The van der Waals surface area contributed by atoms with Gasteiger partial charge >= 0.3 is 5.97 Å². The van der Waals surface area contributed by atoms with Crippen LogP contribution in [0, 0.1) is 0 Å². The van der Waals surface area contributed by atoms with Crippen LogP contribution in [0.3, 0.4) is 0 Å². The number of benzene rings is 2. The molecule has 5 nitrogen and oxygen atoms in total. The quantitative estimate of drug-likeness (QED) is 0.602. The van der Waals surface area contributed by atoms with Gasteiger partial charge in [-0.05, 0) is 67.4 Å². The van der Waals surface area contributed by atoms with Gasteiger partial charge in [0.25, 0.3) is 0 Å². The van der Waals surface area contributed by atoms with E-state index in [9.17, 15) is 4.79 Å². The van der Waals surface area contributed by atoms with Gasteiger partial charge < -0.3 is 20.3 Å². The summed E-state index contributed by atoms with van der Waals surface area (Å²) in [6.07, 6.45) is 3.90. The van der Waals surface area contributed by atoms with E-state index in [1.807, 2.05) is 6.07 Å². The lowest BCUT2D eigenvalue weighted by molar-refractivity contribution is 0.0601. The normalized spacial score (nSPS) is 13.7. The Morgan fingerprint density at radius 2 is 1.85 bits per heavy atom. The van der Waals surface area contributed by atoms with Crippen molar-refractivity contribution in [1.29, 1.82) is 0 Å². The molecule has 2 aromatic carbocycles. The number of esters is 1. The van der Waals surface area contributed by atoms with Crippen molar-refractivity contribution in [3.05, 3.63) is 59.7 Å². The first-order valence-electron chi connectivity index (χ1n) is 9.23. The molecule has 2 aromatic rings. The third-order valence-electron chi connectivity index (χ3n) is 4.65. The van der Waals surface area contributed by atoms with Gasteiger partial charge in [0.2, 0.25) is 0 Å². The highest BCUT2D eigenvalue weighted by Gasteiger charge is 2.10. The summed E-state index contributed by atoms with van der Waals surface area (Å²) in [5.41, 5.74) is 3.69. The van der Waals surface area contributed by atoms with Gasteiger partial charge in [-0.1, -0.05) is 18.2 Å². The first-order valence-corrected chi connectivity index (χ1v) is 9.63. The third-order valence-corrected chi connectivity index (χ3v) is 4.90. The Labute approximate surface area is 165 Å². The molecular weight excluding hydrogens is 358 g/mol. The lowest BCUT2D eigenvalue weighted by Crippen LogP contribution is -2.29. The van der Waals surface area contributed by atoms with Crippen molar-refractivity contribution in [3.63, 3.8) is 0 Å². The summed E-state index contributed by atoms with van der Waals surface area (Å²) >= 11 is 5.35. The minimum atomic E-state index is -0.369. The monoisotopic (exact) mass is 383 g/mol. The lowest BCUT2D eigenvalue weighted by Gasteiger charge is -2.28. The predicted molar refractivity (Wildman–Crippen MR) is 113 cm³/mol.